The summed E-state index contributed by atoms with van der Waals surface area (Å²) in [6.45, 7) is 38.7. The van der Waals surface area contributed by atoms with Gasteiger partial charge in [-0.2, -0.15) is 21.0 Å². The summed E-state index contributed by atoms with van der Waals surface area (Å²) in [7, 11) is 0. The van der Waals surface area contributed by atoms with Crippen LogP contribution in [0.1, 0.15) is 38.9 Å². The van der Waals surface area contributed by atoms with E-state index in [0.29, 0.717) is 141 Å². The highest BCUT2D eigenvalue weighted by atomic mass is 15.1. The first-order valence-electron chi connectivity index (χ1n) is 43.3. The van der Waals surface area contributed by atoms with Crippen LogP contribution in [0.5, 0.6) is 0 Å². The lowest BCUT2D eigenvalue weighted by Crippen LogP contribution is -2.04. The molecule has 0 unspecified atom stereocenters. The van der Waals surface area contributed by atoms with Gasteiger partial charge in [0.25, 0.3) is 0 Å². The lowest BCUT2D eigenvalue weighted by molar-refractivity contribution is 1.07. The molecular weight excluding hydrogens is 1650 g/mol. The molecule has 0 atom stereocenters. The molecule has 16 heteroatoms. The van der Waals surface area contributed by atoms with Crippen LogP contribution >= 0.6 is 0 Å². The third kappa shape index (κ3) is 16.4. The highest BCUT2D eigenvalue weighted by Crippen LogP contribution is 2.50. The van der Waals surface area contributed by atoms with Gasteiger partial charge >= 0.3 is 0 Å². The zero-order valence-electron chi connectivity index (χ0n) is 72.9. The first-order valence-corrected chi connectivity index (χ1v) is 43.3. The Balaban J connectivity index is 0.000000168. The summed E-state index contributed by atoms with van der Waals surface area (Å²) in [5.41, 5.74) is 27.1. The van der Waals surface area contributed by atoms with E-state index in [1.165, 1.54) is 16.7 Å². The van der Waals surface area contributed by atoms with Crippen molar-refractivity contribution in [1.29, 1.82) is 21.0 Å². The SMILES string of the molecule is [C-]#[N+]c1cc([N+]#[C-])cc(-c2cc(-c3nc(-c4ccccc4)nc(-c4ccccc4)n3)cc(-c3cc(C#N)cc(C#N)c3)c2-n2c3ccc(-c4ccc(C)cc4)cc3c3cc(-c4ccc(C)cc4)ccc32)c1.[C-]#[N+]c1cc([N+]#[C-])cc(-c2cc(-c3nc(-c4ccccc4)nc(-c4ccccc4)n3)cc(-c3cc(C#N)cc(C#N)c3)c2-n2c3ccccc3c3cc(-c4ccc(C)cc4)ccc32)c1. The van der Waals surface area contributed by atoms with E-state index in [-0.39, 0.29) is 0 Å². The predicted molar refractivity (Wildman–Crippen MR) is 537 cm³/mol. The molecule has 16 nitrogen and oxygen atoms in total. The van der Waals surface area contributed by atoms with Crippen molar-refractivity contribution in [3.05, 3.63) is 455 Å². The molecule has 0 bridgehead atoms. The van der Waals surface area contributed by atoms with Crippen molar-refractivity contribution in [2.45, 2.75) is 20.8 Å². The molecule has 0 fully saturated rings. The van der Waals surface area contributed by atoms with E-state index in [1.807, 2.05) is 158 Å². The van der Waals surface area contributed by atoms with Crippen LogP contribution in [0.4, 0.5) is 22.7 Å². The molecule has 0 radical (unpaired) electrons. The Hall–Kier alpha value is -19.7. The van der Waals surface area contributed by atoms with Gasteiger partial charge in [-0.25, -0.2) is 49.3 Å². The summed E-state index contributed by atoms with van der Waals surface area (Å²) < 4.78 is 4.45. The molecule has 0 amide bonds. The Labute approximate surface area is 778 Å². The Morgan fingerprint density at radius 3 is 0.719 bits per heavy atom. The lowest BCUT2D eigenvalue weighted by Gasteiger charge is -2.22. The number of nitriles is 4. The summed E-state index contributed by atoms with van der Waals surface area (Å²) in [6.07, 6.45) is 0. The van der Waals surface area contributed by atoms with Gasteiger partial charge in [0, 0.05) is 77.2 Å². The Morgan fingerprint density at radius 2 is 0.444 bits per heavy atom. The minimum absolute atomic E-state index is 0.301. The van der Waals surface area contributed by atoms with Gasteiger partial charge in [0.2, 0.25) is 0 Å². The van der Waals surface area contributed by atoms with E-state index in [9.17, 15) is 21.0 Å². The molecule has 21 rings (SSSR count). The smallest absolute Gasteiger partial charge is 0.177 e. The zero-order chi connectivity index (χ0) is 92.3. The maximum atomic E-state index is 10.4. The highest BCUT2D eigenvalue weighted by Gasteiger charge is 2.29. The van der Waals surface area contributed by atoms with Crippen molar-refractivity contribution < 1.29 is 0 Å². The van der Waals surface area contributed by atoms with Gasteiger partial charge in [-0.05, 0) is 180 Å². The van der Waals surface area contributed by atoms with Gasteiger partial charge in [-0.15, -0.1) is 0 Å². The number of aromatic nitrogens is 8. The second-order valence-electron chi connectivity index (χ2n) is 32.9. The second kappa shape index (κ2) is 35.8. The minimum atomic E-state index is 0.301. The van der Waals surface area contributed by atoms with E-state index in [0.717, 1.165) is 105 Å². The number of fused-ring (bicyclic) bond motifs is 6. The van der Waals surface area contributed by atoms with E-state index >= 15 is 0 Å². The normalized spacial score (nSPS) is 10.9. The number of para-hydroxylation sites is 1. The summed E-state index contributed by atoms with van der Waals surface area (Å²) in [6, 6.07) is 130. The Morgan fingerprint density at radius 1 is 0.207 bits per heavy atom. The Kier molecular flexibility index (Phi) is 22.2. The molecule has 626 valence electrons. The highest BCUT2D eigenvalue weighted by molar-refractivity contribution is 6.15. The molecule has 0 aliphatic carbocycles. The van der Waals surface area contributed by atoms with Crippen molar-refractivity contribution >= 4 is 66.4 Å². The number of benzene rings is 17. The largest absolute Gasteiger partial charge is 0.308 e. The maximum Gasteiger partial charge on any atom is 0.177 e. The van der Waals surface area contributed by atoms with E-state index in [2.05, 4.69) is 213 Å². The van der Waals surface area contributed by atoms with Crippen molar-refractivity contribution in [2.75, 3.05) is 0 Å². The zero-order valence-corrected chi connectivity index (χ0v) is 72.9. The molecule has 4 heterocycles. The summed E-state index contributed by atoms with van der Waals surface area (Å²) in [5, 5.41) is 45.6. The minimum Gasteiger partial charge on any atom is -0.308 e. The number of hydrogen-bond donors (Lipinski definition) is 0. The number of nitrogens with zero attached hydrogens (tertiary/aromatic N) is 16. The van der Waals surface area contributed by atoms with Gasteiger partial charge in [0.05, 0.1) is 106 Å². The molecule has 0 N–H and O–H groups in total. The van der Waals surface area contributed by atoms with Crippen molar-refractivity contribution in [3.8, 4) is 182 Å². The standard InChI is InChI=1S/C63H38N8.C56H32N8/c1-39-15-19-43(20-16-39)47-23-25-58-56(32-47)57-33-48(44-21-17-40(2)18-22-44)24-26-59(57)71(58)60-54(49-28-41(37-64)27-42(29-49)38-65)34-51(35-55(60)50-30-52(66-3)36-53(31-50)67-4)63-69-61(45-11-7-5-8-12-45)68-62(70-63)46-13-9-6-10-14-46;1-35-18-20-38(21-19-35)41-22-23-52-50(29-41)47-16-10-11-17-51(47)64(52)53-48(42-25-36(33-57)24-37(26-42)34-58)30-44(31-49(53)43-27-45(59-2)32-46(28-43)60-3)56-62-54(39-12-6-4-7-13-39)61-55(63-56)40-14-8-5-9-15-40/h5-36H,1-2H3;4-32H,1H3. The first-order chi connectivity index (χ1) is 66.2. The van der Waals surface area contributed by atoms with Gasteiger partial charge in [-0.3, -0.25) is 0 Å². The van der Waals surface area contributed by atoms with E-state index in [4.69, 9.17) is 56.2 Å². The summed E-state index contributed by atoms with van der Waals surface area (Å²) in [4.78, 5) is 45.7. The molecule has 4 aromatic heterocycles. The third-order valence-corrected chi connectivity index (χ3v) is 24.1. The average Bonchev–Trinajstić information content (AvgIpc) is 1.60. The molecule has 21 aromatic rings. The van der Waals surface area contributed by atoms with Crippen molar-refractivity contribution in [2.24, 2.45) is 0 Å². The lowest BCUT2D eigenvalue weighted by atomic mass is 9.90. The first kappa shape index (κ1) is 83.5. The fraction of sp³-hybridized carbons (Fsp3) is 0.0252. The Bertz CT molecular complexity index is 8230. The predicted octanol–water partition coefficient (Wildman–Crippen LogP) is 30.2. The number of hydrogen-bond acceptors (Lipinski definition) is 10. The number of rotatable bonds is 15. The van der Waals surface area contributed by atoms with Crippen LogP contribution in [0.2, 0.25) is 0 Å². The summed E-state index contributed by atoms with van der Waals surface area (Å²) in [5.74, 6) is 2.67. The van der Waals surface area contributed by atoms with Crippen LogP contribution in [-0.4, -0.2) is 39.0 Å². The van der Waals surface area contributed by atoms with Gasteiger partial charge in [-0.1, -0.05) is 284 Å². The fourth-order valence-corrected chi connectivity index (χ4v) is 17.6. The van der Waals surface area contributed by atoms with Gasteiger partial charge in [0.1, 0.15) is 0 Å². The second-order valence-corrected chi connectivity index (χ2v) is 32.9. The van der Waals surface area contributed by atoms with Crippen LogP contribution in [0.15, 0.2) is 370 Å². The maximum absolute atomic E-state index is 10.4. The van der Waals surface area contributed by atoms with Crippen LogP contribution in [0.25, 0.3) is 221 Å². The molecule has 0 saturated carbocycles. The molecule has 0 spiro atoms. The topological polar surface area (TPSA) is 200 Å². The molecule has 17 aromatic carbocycles. The number of aryl methyl sites for hydroxylation is 3. The molecule has 0 saturated heterocycles. The van der Waals surface area contributed by atoms with Crippen LogP contribution in [0.3, 0.4) is 0 Å². The van der Waals surface area contributed by atoms with Crippen LogP contribution < -0.4 is 0 Å². The fourth-order valence-electron chi connectivity index (χ4n) is 17.6. The molecule has 0 aliphatic heterocycles. The van der Waals surface area contributed by atoms with Crippen LogP contribution in [0, 0.1) is 92.4 Å². The molecular formula is C119H70N16. The van der Waals surface area contributed by atoms with Crippen molar-refractivity contribution in [1.82, 2.24) is 39.0 Å². The molecule has 0 aliphatic rings. The monoisotopic (exact) mass is 1720 g/mol. The van der Waals surface area contributed by atoms with Crippen molar-refractivity contribution in [3.63, 3.8) is 0 Å². The summed E-state index contributed by atoms with van der Waals surface area (Å²) >= 11 is 0. The van der Waals surface area contributed by atoms with Gasteiger partial charge < -0.3 is 9.13 Å². The van der Waals surface area contributed by atoms with E-state index in [1.54, 1.807) is 72.8 Å². The molecule has 135 heavy (non-hydrogen) atoms. The third-order valence-electron chi connectivity index (χ3n) is 24.1. The van der Waals surface area contributed by atoms with Gasteiger partial charge in [0.15, 0.2) is 57.7 Å². The average molecular weight is 1720 g/mol. The van der Waals surface area contributed by atoms with E-state index < -0.39 is 0 Å². The quantitative estimate of drug-likeness (QED) is 0.0889. The van der Waals surface area contributed by atoms with Crippen LogP contribution in [-0.2, 0) is 0 Å².